The maximum absolute atomic E-state index is 12.1. The predicted molar refractivity (Wildman–Crippen MR) is 101 cm³/mol. The third-order valence-corrected chi connectivity index (χ3v) is 3.72. The minimum atomic E-state index is -0.244. The van der Waals surface area contributed by atoms with Gasteiger partial charge in [0.25, 0.3) is 5.56 Å². The van der Waals surface area contributed by atoms with Gasteiger partial charge in [-0.3, -0.25) is 4.79 Å². The Balaban J connectivity index is 0.00000208. The molecule has 0 spiro atoms. The minimum Gasteiger partial charge on any atom is -0.491 e. The number of hydrogen-bond acceptors (Lipinski definition) is 5. The molecule has 0 amide bonds. The van der Waals surface area contributed by atoms with Crippen LogP contribution in [-0.2, 0) is 0 Å². The van der Waals surface area contributed by atoms with Crippen molar-refractivity contribution in [2.75, 3.05) is 5.32 Å². The van der Waals surface area contributed by atoms with Crippen molar-refractivity contribution in [1.29, 1.82) is 0 Å². The van der Waals surface area contributed by atoms with Crippen molar-refractivity contribution in [1.82, 2.24) is 15.0 Å². The monoisotopic (exact) mass is 410 g/mol. The molecule has 0 bridgehead atoms. The van der Waals surface area contributed by atoms with Gasteiger partial charge in [0.15, 0.2) is 0 Å². The highest BCUT2D eigenvalue weighted by atomic mass is 79.9. The number of anilines is 2. The second kappa shape index (κ2) is 7.63. The molecule has 126 valence electrons. The Kier molecular flexibility index (Phi) is 5.80. The van der Waals surface area contributed by atoms with E-state index in [9.17, 15) is 4.79 Å². The largest absolute Gasteiger partial charge is 0.491 e. The molecule has 8 heteroatoms. The Morgan fingerprint density at radius 2 is 1.92 bits per heavy atom. The summed E-state index contributed by atoms with van der Waals surface area (Å²) in [5.41, 5.74) is 1.12. The number of benzene rings is 1. The highest BCUT2D eigenvalue weighted by Gasteiger charge is 2.11. The third-order valence-electron chi connectivity index (χ3n) is 3.12. The molecule has 24 heavy (non-hydrogen) atoms. The fourth-order valence-corrected chi connectivity index (χ4v) is 2.59. The van der Waals surface area contributed by atoms with E-state index in [1.54, 1.807) is 6.20 Å². The van der Waals surface area contributed by atoms with E-state index in [1.165, 1.54) is 6.33 Å². The summed E-state index contributed by atoms with van der Waals surface area (Å²) in [6.45, 7) is 3.95. The Labute approximate surface area is 153 Å². The number of hydrogen-bond donors (Lipinski definition) is 2. The van der Waals surface area contributed by atoms with Crippen LogP contribution in [0.3, 0.4) is 0 Å². The zero-order chi connectivity index (χ0) is 16.4. The molecule has 2 aromatic heterocycles. The molecule has 6 nitrogen and oxygen atoms in total. The summed E-state index contributed by atoms with van der Waals surface area (Å²) in [5.74, 6) is 1.24. The highest BCUT2D eigenvalue weighted by molar-refractivity contribution is 9.10. The van der Waals surface area contributed by atoms with Crippen LogP contribution in [0.4, 0.5) is 11.5 Å². The van der Waals surface area contributed by atoms with Gasteiger partial charge >= 0.3 is 0 Å². The van der Waals surface area contributed by atoms with E-state index >= 15 is 0 Å². The zero-order valence-corrected chi connectivity index (χ0v) is 15.4. The number of nitrogens with zero attached hydrogens (tertiary/aromatic N) is 2. The lowest BCUT2D eigenvalue weighted by Crippen LogP contribution is -2.10. The molecule has 0 saturated heterocycles. The van der Waals surface area contributed by atoms with Crippen LogP contribution in [0.15, 0.2) is 46.1 Å². The van der Waals surface area contributed by atoms with Gasteiger partial charge in [-0.15, -0.1) is 12.4 Å². The summed E-state index contributed by atoms with van der Waals surface area (Å²) < 4.78 is 6.32. The molecule has 0 unspecified atom stereocenters. The maximum Gasteiger partial charge on any atom is 0.261 e. The van der Waals surface area contributed by atoms with Gasteiger partial charge in [-0.1, -0.05) is 0 Å². The molecule has 3 aromatic rings. The van der Waals surface area contributed by atoms with Crippen LogP contribution in [0, 0.1) is 0 Å². The molecule has 2 N–H and O–H groups in total. The highest BCUT2D eigenvalue weighted by Crippen LogP contribution is 2.25. The maximum atomic E-state index is 12.1. The number of fused-ring (bicyclic) bond motifs is 1. The first kappa shape index (κ1) is 18.2. The van der Waals surface area contributed by atoms with E-state index in [1.807, 2.05) is 38.1 Å². The molecule has 0 fully saturated rings. The molecule has 0 atom stereocenters. The molecule has 3 rings (SSSR count). The van der Waals surface area contributed by atoms with Crippen LogP contribution < -0.4 is 15.6 Å². The molecule has 0 aliphatic carbocycles. The third kappa shape index (κ3) is 3.85. The lowest BCUT2D eigenvalue weighted by atomic mass is 10.2. The number of aromatic nitrogens is 3. The second-order valence-electron chi connectivity index (χ2n) is 5.23. The van der Waals surface area contributed by atoms with Crippen molar-refractivity contribution in [3.8, 4) is 5.75 Å². The smallest absolute Gasteiger partial charge is 0.261 e. The van der Waals surface area contributed by atoms with Gasteiger partial charge in [0, 0.05) is 11.9 Å². The zero-order valence-electron chi connectivity index (χ0n) is 13.0. The Hall–Kier alpha value is -2.12. The first-order chi connectivity index (χ1) is 11.0. The van der Waals surface area contributed by atoms with E-state index in [-0.39, 0.29) is 24.1 Å². The molecule has 0 aliphatic heterocycles. The van der Waals surface area contributed by atoms with Gasteiger partial charge in [-0.25, -0.2) is 9.97 Å². The number of H-pyrrole nitrogens is 1. The first-order valence-corrected chi connectivity index (χ1v) is 7.89. The van der Waals surface area contributed by atoms with Gasteiger partial charge in [0.2, 0.25) is 0 Å². The van der Waals surface area contributed by atoms with E-state index in [0.717, 1.165) is 11.4 Å². The average Bonchev–Trinajstić information content (AvgIpc) is 2.52. The Morgan fingerprint density at radius 3 is 2.58 bits per heavy atom. The summed E-state index contributed by atoms with van der Waals surface area (Å²) in [4.78, 5) is 23.1. The predicted octanol–water partition coefficient (Wildman–Crippen LogP) is 4.03. The van der Waals surface area contributed by atoms with Crippen molar-refractivity contribution in [2.45, 2.75) is 20.0 Å². The quantitative estimate of drug-likeness (QED) is 0.677. The number of ether oxygens (including phenoxy) is 1. The summed E-state index contributed by atoms with van der Waals surface area (Å²) in [6.07, 6.45) is 3.11. The molecule has 0 saturated carbocycles. The number of halogens is 2. The van der Waals surface area contributed by atoms with Crippen LogP contribution >= 0.6 is 28.3 Å². The SMILES string of the molecule is CC(C)Oc1ccc(Nc2ncnc3c(Br)c[nH]c(=O)c23)cc1.Cl. The summed E-state index contributed by atoms with van der Waals surface area (Å²) in [6, 6.07) is 7.48. The van der Waals surface area contributed by atoms with E-state index < -0.39 is 0 Å². The molecule has 0 aliphatic rings. The normalized spacial score (nSPS) is 10.5. The molecule has 0 radical (unpaired) electrons. The standard InChI is InChI=1S/C16H15BrN4O2.ClH/c1-9(2)23-11-5-3-10(4-6-11)21-15-13-14(19-8-20-15)12(17)7-18-16(13)22;/h3-9H,1-2H3,(H,18,22)(H,19,20,21);1H. The summed E-state index contributed by atoms with van der Waals surface area (Å²) >= 11 is 3.38. The topological polar surface area (TPSA) is 79.9 Å². The number of nitrogens with one attached hydrogen (secondary N) is 2. The van der Waals surface area contributed by atoms with Crippen LogP contribution in [-0.4, -0.2) is 21.1 Å². The van der Waals surface area contributed by atoms with Crippen molar-refractivity contribution in [2.24, 2.45) is 0 Å². The van der Waals surface area contributed by atoms with E-state index in [2.05, 4.69) is 36.2 Å². The fraction of sp³-hybridized carbons (Fsp3) is 0.188. The Morgan fingerprint density at radius 1 is 1.21 bits per heavy atom. The van der Waals surface area contributed by atoms with Crippen LogP contribution in [0.5, 0.6) is 5.75 Å². The lowest BCUT2D eigenvalue weighted by molar-refractivity contribution is 0.242. The Bertz CT molecular complexity index is 897. The van der Waals surface area contributed by atoms with E-state index in [4.69, 9.17) is 4.74 Å². The number of rotatable bonds is 4. The molecule has 2 heterocycles. The lowest BCUT2D eigenvalue weighted by Gasteiger charge is -2.11. The number of pyridine rings is 1. The van der Waals surface area contributed by atoms with Crippen LogP contribution in [0.1, 0.15) is 13.8 Å². The van der Waals surface area contributed by atoms with Crippen molar-refractivity contribution < 1.29 is 4.74 Å². The molecular formula is C16H16BrClN4O2. The van der Waals surface area contributed by atoms with Crippen molar-refractivity contribution in [3.05, 3.63) is 51.6 Å². The second-order valence-corrected chi connectivity index (χ2v) is 6.08. The number of aromatic amines is 1. The molecule has 1 aromatic carbocycles. The van der Waals surface area contributed by atoms with E-state index in [0.29, 0.717) is 21.2 Å². The van der Waals surface area contributed by atoms with Crippen molar-refractivity contribution in [3.63, 3.8) is 0 Å². The van der Waals surface area contributed by atoms with Crippen LogP contribution in [0.25, 0.3) is 10.9 Å². The van der Waals surface area contributed by atoms with Crippen molar-refractivity contribution >= 4 is 50.7 Å². The van der Waals surface area contributed by atoms with Crippen LogP contribution in [0.2, 0.25) is 0 Å². The van der Waals surface area contributed by atoms with Gasteiger partial charge < -0.3 is 15.0 Å². The minimum absolute atomic E-state index is 0. The average molecular weight is 412 g/mol. The first-order valence-electron chi connectivity index (χ1n) is 7.10. The van der Waals surface area contributed by atoms with Gasteiger partial charge in [0.1, 0.15) is 23.3 Å². The van der Waals surface area contributed by atoms with Gasteiger partial charge in [-0.05, 0) is 54.0 Å². The molecular weight excluding hydrogens is 396 g/mol. The van der Waals surface area contributed by atoms with Gasteiger partial charge in [0.05, 0.1) is 16.1 Å². The van der Waals surface area contributed by atoms with Gasteiger partial charge in [-0.2, -0.15) is 0 Å². The summed E-state index contributed by atoms with van der Waals surface area (Å²) in [5, 5.41) is 3.55. The fourth-order valence-electron chi connectivity index (χ4n) is 2.17. The summed E-state index contributed by atoms with van der Waals surface area (Å²) in [7, 11) is 0.